The summed E-state index contributed by atoms with van der Waals surface area (Å²) < 4.78 is 1.21. The first kappa shape index (κ1) is 21.9. The zero-order chi connectivity index (χ0) is 24.0. The lowest BCUT2D eigenvalue weighted by Gasteiger charge is -2.18. The van der Waals surface area contributed by atoms with Gasteiger partial charge in [0.1, 0.15) is 5.01 Å². The molecule has 2 nitrogen and oxygen atoms in total. The van der Waals surface area contributed by atoms with Crippen molar-refractivity contribution in [1.29, 1.82) is 0 Å². The SMILES string of the molecule is C[Si](C)(C)c1ccc2c(-c3cc(-c4ccccc4)c4sc(-c5ccccc5)nc4c3)nccc2c1. The first-order chi connectivity index (χ1) is 17.0. The fourth-order valence-corrected chi connectivity index (χ4v) is 6.84. The molecule has 0 amide bonds. The normalized spacial score (nSPS) is 11.9. The van der Waals surface area contributed by atoms with E-state index in [0.29, 0.717) is 0 Å². The molecule has 0 aliphatic heterocycles. The van der Waals surface area contributed by atoms with Crippen LogP contribution in [-0.2, 0) is 0 Å². The maximum atomic E-state index is 5.08. The number of benzene rings is 4. The fraction of sp³-hybridized carbons (Fsp3) is 0.0968. The van der Waals surface area contributed by atoms with Crippen LogP contribution < -0.4 is 5.19 Å². The van der Waals surface area contributed by atoms with E-state index in [9.17, 15) is 0 Å². The van der Waals surface area contributed by atoms with Crippen LogP contribution in [0.25, 0.3) is 53.9 Å². The van der Waals surface area contributed by atoms with Crippen LogP contribution in [-0.4, -0.2) is 18.0 Å². The molecule has 170 valence electrons. The number of pyridine rings is 1. The Morgan fingerprint density at radius 2 is 1.40 bits per heavy atom. The Morgan fingerprint density at radius 1 is 0.686 bits per heavy atom. The first-order valence-corrected chi connectivity index (χ1v) is 16.2. The molecule has 0 atom stereocenters. The quantitative estimate of drug-likeness (QED) is 0.234. The minimum absolute atomic E-state index is 1.01. The van der Waals surface area contributed by atoms with Crippen molar-refractivity contribution >= 4 is 45.6 Å². The summed E-state index contributed by atoms with van der Waals surface area (Å²) in [5, 5.41) is 4.95. The summed E-state index contributed by atoms with van der Waals surface area (Å²) in [6, 6.07) is 34.6. The van der Waals surface area contributed by atoms with Crippen molar-refractivity contribution in [2.75, 3.05) is 0 Å². The summed E-state index contributed by atoms with van der Waals surface area (Å²) in [7, 11) is -1.40. The van der Waals surface area contributed by atoms with Crippen LogP contribution in [0.1, 0.15) is 0 Å². The van der Waals surface area contributed by atoms with Gasteiger partial charge in [0.15, 0.2) is 0 Å². The summed E-state index contributed by atoms with van der Waals surface area (Å²) >= 11 is 1.76. The number of nitrogens with zero attached hydrogens (tertiary/aromatic N) is 2. The maximum absolute atomic E-state index is 5.08. The van der Waals surface area contributed by atoms with Gasteiger partial charge in [-0.25, -0.2) is 4.98 Å². The molecule has 35 heavy (non-hydrogen) atoms. The van der Waals surface area contributed by atoms with E-state index in [1.54, 1.807) is 11.3 Å². The molecule has 0 aliphatic carbocycles. The number of rotatable bonds is 4. The smallest absolute Gasteiger partial charge is 0.124 e. The molecular weight excluding hydrogens is 461 g/mol. The number of thiazole rings is 1. The summed E-state index contributed by atoms with van der Waals surface area (Å²) in [6.45, 7) is 7.18. The van der Waals surface area contributed by atoms with E-state index in [2.05, 4.69) is 111 Å². The Labute approximate surface area is 211 Å². The van der Waals surface area contributed by atoms with Crippen LogP contribution in [0.3, 0.4) is 0 Å². The zero-order valence-electron chi connectivity index (χ0n) is 20.1. The van der Waals surface area contributed by atoms with Crippen LogP contribution in [0, 0.1) is 0 Å². The van der Waals surface area contributed by atoms with E-state index >= 15 is 0 Å². The average Bonchev–Trinajstić information content (AvgIpc) is 3.32. The Bertz CT molecular complexity index is 1670. The van der Waals surface area contributed by atoms with E-state index in [1.807, 2.05) is 12.3 Å². The second-order valence-corrected chi connectivity index (χ2v) is 16.0. The van der Waals surface area contributed by atoms with Crippen molar-refractivity contribution in [3.05, 3.63) is 103 Å². The van der Waals surface area contributed by atoms with Crippen LogP contribution in [0.5, 0.6) is 0 Å². The molecule has 0 spiro atoms. The monoisotopic (exact) mass is 486 g/mol. The molecule has 4 heteroatoms. The molecule has 4 aromatic carbocycles. The molecule has 0 aliphatic rings. The summed E-state index contributed by atoms with van der Waals surface area (Å²) in [5.41, 5.74) is 6.68. The Hall–Kier alpha value is -3.60. The molecule has 0 radical (unpaired) electrons. The van der Waals surface area contributed by atoms with Gasteiger partial charge in [-0.2, -0.15) is 0 Å². The lowest BCUT2D eigenvalue weighted by atomic mass is 9.98. The third-order valence-electron chi connectivity index (χ3n) is 6.50. The lowest BCUT2D eigenvalue weighted by molar-refractivity contribution is 1.36. The molecule has 0 fully saturated rings. The van der Waals surface area contributed by atoms with Crippen molar-refractivity contribution in [3.63, 3.8) is 0 Å². The molecule has 2 aromatic heterocycles. The maximum Gasteiger partial charge on any atom is 0.124 e. The average molecular weight is 487 g/mol. The molecule has 2 heterocycles. The topological polar surface area (TPSA) is 25.8 Å². The Morgan fingerprint density at radius 3 is 2.11 bits per heavy atom. The van der Waals surface area contributed by atoms with Gasteiger partial charge in [0, 0.05) is 28.3 Å². The van der Waals surface area contributed by atoms with Gasteiger partial charge in [-0.1, -0.05) is 104 Å². The summed E-state index contributed by atoms with van der Waals surface area (Å²) in [4.78, 5) is 9.94. The number of hydrogen-bond acceptors (Lipinski definition) is 3. The summed E-state index contributed by atoms with van der Waals surface area (Å²) in [5.74, 6) is 0. The highest BCUT2D eigenvalue weighted by molar-refractivity contribution is 7.22. The van der Waals surface area contributed by atoms with E-state index in [-0.39, 0.29) is 0 Å². The predicted molar refractivity (Wildman–Crippen MR) is 154 cm³/mol. The second kappa shape index (κ2) is 8.56. The van der Waals surface area contributed by atoms with Crippen LogP contribution in [0.4, 0.5) is 0 Å². The third kappa shape index (κ3) is 4.09. The molecule has 6 aromatic rings. The van der Waals surface area contributed by atoms with Crippen molar-refractivity contribution in [1.82, 2.24) is 9.97 Å². The highest BCUT2D eigenvalue weighted by Crippen LogP contribution is 2.40. The van der Waals surface area contributed by atoms with Gasteiger partial charge in [0.2, 0.25) is 0 Å². The number of hydrogen-bond donors (Lipinski definition) is 0. The highest BCUT2D eigenvalue weighted by Gasteiger charge is 2.19. The van der Waals surface area contributed by atoms with Gasteiger partial charge in [0.25, 0.3) is 0 Å². The van der Waals surface area contributed by atoms with Gasteiger partial charge in [-0.05, 0) is 29.1 Å². The Balaban J connectivity index is 1.60. The first-order valence-electron chi connectivity index (χ1n) is 11.9. The van der Waals surface area contributed by atoms with E-state index in [4.69, 9.17) is 9.97 Å². The van der Waals surface area contributed by atoms with E-state index in [0.717, 1.165) is 27.3 Å². The van der Waals surface area contributed by atoms with Crippen molar-refractivity contribution in [2.24, 2.45) is 0 Å². The lowest BCUT2D eigenvalue weighted by Crippen LogP contribution is -2.37. The van der Waals surface area contributed by atoms with Crippen LogP contribution >= 0.6 is 11.3 Å². The van der Waals surface area contributed by atoms with Crippen LogP contribution in [0.2, 0.25) is 19.6 Å². The Kier molecular flexibility index (Phi) is 5.36. The van der Waals surface area contributed by atoms with Crippen molar-refractivity contribution < 1.29 is 0 Å². The van der Waals surface area contributed by atoms with Gasteiger partial charge in [-0.3, -0.25) is 4.98 Å². The fourth-order valence-electron chi connectivity index (χ4n) is 4.58. The zero-order valence-corrected chi connectivity index (χ0v) is 21.9. The van der Waals surface area contributed by atoms with Gasteiger partial charge >= 0.3 is 0 Å². The van der Waals surface area contributed by atoms with Gasteiger partial charge in [-0.15, -0.1) is 11.3 Å². The number of aromatic nitrogens is 2. The molecule has 6 rings (SSSR count). The van der Waals surface area contributed by atoms with Crippen molar-refractivity contribution in [2.45, 2.75) is 19.6 Å². The highest BCUT2D eigenvalue weighted by atomic mass is 32.1. The molecule has 0 saturated heterocycles. The third-order valence-corrected chi connectivity index (χ3v) is 9.70. The van der Waals surface area contributed by atoms with Gasteiger partial charge < -0.3 is 0 Å². The van der Waals surface area contributed by atoms with Crippen LogP contribution in [0.15, 0.2) is 103 Å². The minimum atomic E-state index is -1.40. The molecule has 0 bridgehead atoms. The summed E-state index contributed by atoms with van der Waals surface area (Å²) in [6.07, 6.45) is 1.94. The minimum Gasteiger partial charge on any atom is -0.256 e. The largest absolute Gasteiger partial charge is 0.256 e. The molecule has 0 unspecified atom stereocenters. The molecule has 0 N–H and O–H groups in total. The van der Waals surface area contributed by atoms with Gasteiger partial charge in [0.05, 0.1) is 24.0 Å². The van der Waals surface area contributed by atoms with E-state index in [1.165, 1.54) is 31.8 Å². The molecule has 0 saturated carbocycles. The standard InChI is InChI=1S/C31H26N2SSi/c1-35(2,3)25-14-15-26-23(18-25)16-17-32-29(26)24-19-27(21-10-6-4-7-11-21)30-28(20-24)33-31(34-30)22-12-8-5-9-13-22/h4-20H,1-3H3. The molecular formula is C31H26N2SSi. The second-order valence-electron chi connectivity index (χ2n) is 9.97. The van der Waals surface area contributed by atoms with Crippen molar-refractivity contribution in [3.8, 4) is 33.0 Å². The number of fused-ring (bicyclic) bond motifs is 2. The predicted octanol–water partition coefficient (Wildman–Crippen LogP) is 8.39. The van der Waals surface area contributed by atoms with E-state index < -0.39 is 8.07 Å².